The molecule has 1 aliphatic carbocycles. The van der Waals surface area contributed by atoms with E-state index >= 15 is 0 Å². The van der Waals surface area contributed by atoms with Gasteiger partial charge in [-0.2, -0.15) is 0 Å². The molecule has 0 spiro atoms. The fourth-order valence-corrected chi connectivity index (χ4v) is 5.78. The van der Waals surface area contributed by atoms with Gasteiger partial charge < -0.3 is 4.57 Å². The average molecular weight is 537 g/mol. The van der Waals surface area contributed by atoms with E-state index in [0.717, 1.165) is 10.0 Å². The van der Waals surface area contributed by atoms with E-state index < -0.39 is 10.0 Å². The maximum Gasteiger partial charge on any atom is 0.258 e. The molecule has 4 aromatic rings. The lowest BCUT2D eigenvalue weighted by Gasteiger charge is -2.15. The standard InChI is InChI=1S/C26H21BrN2O4S/c27-17-11-13-18(14-12-17)34(32,33)28-15-5-6-16-29-24-20-8-2-3-9-21(20)25(30)23(24)19-7-1-4-10-22(19)26(29)31/h1-4,7-14,28H,5-6,15-16H2. The normalized spacial score (nSPS) is 12.7. The van der Waals surface area contributed by atoms with Gasteiger partial charge in [0.25, 0.3) is 5.56 Å². The number of ketones is 1. The van der Waals surface area contributed by atoms with E-state index in [1.807, 2.05) is 30.3 Å². The maximum atomic E-state index is 13.4. The van der Waals surface area contributed by atoms with Gasteiger partial charge in [-0.1, -0.05) is 58.4 Å². The van der Waals surface area contributed by atoms with Gasteiger partial charge in [0, 0.05) is 39.5 Å². The van der Waals surface area contributed by atoms with Gasteiger partial charge >= 0.3 is 0 Å². The number of benzene rings is 3. The summed E-state index contributed by atoms with van der Waals surface area (Å²) in [5.41, 5.74) is 2.44. The number of fused-ring (bicyclic) bond motifs is 5. The predicted octanol–water partition coefficient (Wildman–Crippen LogP) is 4.73. The minimum absolute atomic E-state index is 0.0715. The molecule has 172 valence electrons. The molecule has 0 unspecified atom stereocenters. The minimum Gasteiger partial charge on any atom is -0.307 e. The summed E-state index contributed by atoms with van der Waals surface area (Å²) in [4.78, 5) is 26.8. The van der Waals surface area contributed by atoms with Crippen molar-refractivity contribution in [1.29, 1.82) is 0 Å². The van der Waals surface area contributed by atoms with E-state index in [4.69, 9.17) is 0 Å². The van der Waals surface area contributed by atoms with Crippen molar-refractivity contribution in [3.05, 3.63) is 98.7 Å². The van der Waals surface area contributed by atoms with E-state index in [9.17, 15) is 18.0 Å². The Hall–Kier alpha value is -3.07. The van der Waals surface area contributed by atoms with Crippen LogP contribution in [0.25, 0.3) is 22.0 Å². The highest BCUT2D eigenvalue weighted by Crippen LogP contribution is 2.39. The van der Waals surface area contributed by atoms with Crippen molar-refractivity contribution < 1.29 is 13.2 Å². The second-order valence-corrected chi connectivity index (χ2v) is 10.8. The summed E-state index contributed by atoms with van der Waals surface area (Å²) < 4.78 is 30.1. The van der Waals surface area contributed by atoms with Gasteiger partial charge in [0.1, 0.15) is 0 Å². The molecule has 1 N–H and O–H groups in total. The monoisotopic (exact) mass is 536 g/mol. The van der Waals surface area contributed by atoms with Crippen LogP contribution < -0.4 is 10.3 Å². The Morgan fingerprint density at radius 1 is 0.794 bits per heavy atom. The number of pyridine rings is 1. The lowest BCUT2D eigenvalue weighted by molar-refractivity contribution is 0.104. The van der Waals surface area contributed by atoms with Crippen molar-refractivity contribution in [2.75, 3.05) is 6.54 Å². The zero-order valence-electron chi connectivity index (χ0n) is 18.1. The molecule has 6 nitrogen and oxygen atoms in total. The summed E-state index contributed by atoms with van der Waals surface area (Å²) in [7, 11) is -3.60. The van der Waals surface area contributed by atoms with Crippen LogP contribution in [-0.2, 0) is 16.6 Å². The second-order valence-electron chi connectivity index (χ2n) is 8.16. The Balaban J connectivity index is 1.39. The molecule has 0 amide bonds. The van der Waals surface area contributed by atoms with Gasteiger partial charge in [-0.05, 0) is 43.2 Å². The number of carbonyl (C=O) groups is 1. The second kappa shape index (κ2) is 8.94. The highest BCUT2D eigenvalue weighted by Gasteiger charge is 2.32. The number of nitrogens with zero attached hydrogens (tertiary/aromatic N) is 1. The first-order chi connectivity index (χ1) is 16.4. The van der Waals surface area contributed by atoms with Crippen LogP contribution in [0.15, 0.2) is 87.0 Å². The highest BCUT2D eigenvalue weighted by molar-refractivity contribution is 9.10. The summed E-state index contributed by atoms with van der Waals surface area (Å²) in [5.74, 6) is -0.0715. The molecule has 1 heterocycles. The van der Waals surface area contributed by atoms with E-state index in [2.05, 4.69) is 20.7 Å². The number of halogens is 1. The molecular formula is C26H21BrN2O4S. The van der Waals surface area contributed by atoms with Crippen molar-refractivity contribution in [3.8, 4) is 11.3 Å². The number of hydrogen-bond donors (Lipinski definition) is 1. The molecule has 1 aromatic heterocycles. The van der Waals surface area contributed by atoms with Crippen molar-refractivity contribution in [3.63, 3.8) is 0 Å². The number of rotatable bonds is 7. The first kappa shape index (κ1) is 22.7. The molecule has 34 heavy (non-hydrogen) atoms. The van der Waals surface area contributed by atoms with Crippen molar-refractivity contribution >= 4 is 42.5 Å². The highest BCUT2D eigenvalue weighted by atomic mass is 79.9. The number of unbranched alkanes of at least 4 members (excludes halogenated alkanes) is 1. The van der Waals surface area contributed by atoms with Crippen LogP contribution in [0.4, 0.5) is 0 Å². The lowest BCUT2D eigenvalue weighted by atomic mass is 10.0. The molecule has 0 radical (unpaired) electrons. The fraction of sp³-hybridized carbons (Fsp3) is 0.154. The Labute approximate surface area is 205 Å². The molecule has 3 aromatic carbocycles. The largest absolute Gasteiger partial charge is 0.307 e. The molecular weight excluding hydrogens is 516 g/mol. The molecule has 5 rings (SSSR count). The van der Waals surface area contributed by atoms with Crippen LogP contribution in [0.2, 0.25) is 0 Å². The fourth-order valence-electron chi connectivity index (χ4n) is 4.44. The van der Waals surface area contributed by atoms with Gasteiger partial charge in [0.2, 0.25) is 10.0 Å². The number of sulfonamides is 1. The zero-order chi connectivity index (χ0) is 23.9. The van der Waals surface area contributed by atoms with Crippen LogP contribution in [0.3, 0.4) is 0 Å². The van der Waals surface area contributed by atoms with Crippen molar-refractivity contribution in [1.82, 2.24) is 9.29 Å². The average Bonchev–Trinajstić information content (AvgIpc) is 3.14. The molecule has 0 bridgehead atoms. The Morgan fingerprint density at radius 3 is 2.18 bits per heavy atom. The first-order valence-corrected chi connectivity index (χ1v) is 13.2. The van der Waals surface area contributed by atoms with E-state index in [1.165, 1.54) is 0 Å². The zero-order valence-corrected chi connectivity index (χ0v) is 20.5. The summed E-state index contributed by atoms with van der Waals surface area (Å²) in [6.07, 6.45) is 1.11. The third kappa shape index (κ3) is 3.91. The van der Waals surface area contributed by atoms with Gasteiger partial charge in [-0.3, -0.25) is 9.59 Å². The van der Waals surface area contributed by atoms with Gasteiger partial charge in [0.15, 0.2) is 5.78 Å². The van der Waals surface area contributed by atoms with E-state index in [-0.39, 0.29) is 22.8 Å². The Morgan fingerprint density at radius 2 is 1.44 bits per heavy atom. The quantitative estimate of drug-likeness (QED) is 0.304. The number of aromatic nitrogens is 1. The van der Waals surface area contributed by atoms with Crippen LogP contribution in [0.1, 0.15) is 28.8 Å². The smallest absolute Gasteiger partial charge is 0.258 e. The van der Waals surface area contributed by atoms with Crippen LogP contribution in [0.5, 0.6) is 0 Å². The van der Waals surface area contributed by atoms with Crippen molar-refractivity contribution in [2.24, 2.45) is 0 Å². The summed E-state index contributed by atoms with van der Waals surface area (Å²) in [6, 6.07) is 21.0. The molecule has 0 saturated carbocycles. The summed E-state index contributed by atoms with van der Waals surface area (Å²) in [6.45, 7) is 0.631. The van der Waals surface area contributed by atoms with Gasteiger partial charge in [-0.15, -0.1) is 0 Å². The van der Waals surface area contributed by atoms with E-state index in [1.54, 1.807) is 47.0 Å². The number of nitrogens with one attached hydrogen (secondary N) is 1. The summed E-state index contributed by atoms with van der Waals surface area (Å²) >= 11 is 3.30. The lowest BCUT2D eigenvalue weighted by Crippen LogP contribution is -2.26. The topological polar surface area (TPSA) is 85.2 Å². The maximum absolute atomic E-state index is 13.4. The summed E-state index contributed by atoms with van der Waals surface area (Å²) in [5, 5.41) is 1.18. The third-order valence-electron chi connectivity index (χ3n) is 6.06. The third-order valence-corrected chi connectivity index (χ3v) is 8.06. The van der Waals surface area contributed by atoms with Gasteiger partial charge in [-0.25, -0.2) is 13.1 Å². The molecule has 0 atom stereocenters. The predicted molar refractivity (Wildman–Crippen MR) is 136 cm³/mol. The van der Waals surface area contributed by atoms with Gasteiger partial charge in [0.05, 0.1) is 16.2 Å². The number of carbonyl (C=O) groups excluding carboxylic acids is 1. The molecule has 0 aliphatic heterocycles. The Kier molecular flexibility index (Phi) is 5.97. The van der Waals surface area contributed by atoms with Crippen LogP contribution in [-0.4, -0.2) is 25.3 Å². The van der Waals surface area contributed by atoms with Crippen LogP contribution >= 0.6 is 15.9 Å². The molecule has 0 saturated heterocycles. The van der Waals surface area contributed by atoms with Crippen molar-refractivity contribution in [2.45, 2.75) is 24.3 Å². The first-order valence-electron chi connectivity index (χ1n) is 10.9. The Bertz CT molecular complexity index is 1590. The van der Waals surface area contributed by atoms with E-state index in [0.29, 0.717) is 47.0 Å². The number of hydrogen-bond acceptors (Lipinski definition) is 4. The molecule has 8 heteroatoms. The molecule has 1 aliphatic rings. The van der Waals surface area contributed by atoms with Crippen LogP contribution in [0, 0.1) is 0 Å². The molecule has 0 fully saturated rings. The SMILES string of the molecule is O=C1c2ccccc2-c2c1c1ccccc1c(=O)n2CCCCNS(=O)(=O)c1ccc(Br)cc1. The minimum atomic E-state index is -3.60.